The van der Waals surface area contributed by atoms with Crippen molar-refractivity contribution in [2.75, 3.05) is 13.7 Å². The van der Waals surface area contributed by atoms with Crippen molar-refractivity contribution >= 4 is 11.3 Å². The van der Waals surface area contributed by atoms with Gasteiger partial charge in [0, 0.05) is 24.0 Å². The lowest BCUT2D eigenvalue weighted by molar-refractivity contribution is 0.298. The standard InChI is InChI=1S/C13H15NO2S/c1-9-7-10(3-4-12(9)16-2)13-14-11(5-6-15)8-17-13/h3-4,7-8,15H,5-6H2,1-2H3. The molecule has 17 heavy (non-hydrogen) atoms. The maximum Gasteiger partial charge on any atom is 0.123 e. The van der Waals surface area contributed by atoms with Crippen molar-refractivity contribution in [3.63, 3.8) is 0 Å². The summed E-state index contributed by atoms with van der Waals surface area (Å²) in [4.78, 5) is 4.48. The number of hydrogen-bond acceptors (Lipinski definition) is 4. The van der Waals surface area contributed by atoms with Crippen LogP contribution in [-0.4, -0.2) is 23.8 Å². The Morgan fingerprint density at radius 1 is 1.41 bits per heavy atom. The molecule has 1 aromatic carbocycles. The molecule has 0 unspecified atom stereocenters. The highest BCUT2D eigenvalue weighted by atomic mass is 32.1. The summed E-state index contributed by atoms with van der Waals surface area (Å²) in [5.41, 5.74) is 3.14. The number of ether oxygens (including phenoxy) is 1. The molecule has 0 fully saturated rings. The predicted molar refractivity (Wildman–Crippen MR) is 69.6 cm³/mol. The van der Waals surface area contributed by atoms with Gasteiger partial charge in [0.2, 0.25) is 0 Å². The number of rotatable bonds is 4. The lowest BCUT2D eigenvalue weighted by Crippen LogP contribution is -1.91. The van der Waals surface area contributed by atoms with Crippen LogP contribution in [0.2, 0.25) is 0 Å². The molecular weight excluding hydrogens is 234 g/mol. The van der Waals surface area contributed by atoms with Crippen LogP contribution in [0.15, 0.2) is 23.6 Å². The Kier molecular flexibility index (Phi) is 3.76. The first-order chi connectivity index (χ1) is 8.24. The van der Waals surface area contributed by atoms with E-state index in [0.717, 1.165) is 27.6 Å². The predicted octanol–water partition coefficient (Wildman–Crippen LogP) is 2.66. The van der Waals surface area contributed by atoms with Gasteiger partial charge in [0.15, 0.2) is 0 Å². The molecule has 0 saturated carbocycles. The molecule has 4 heteroatoms. The second-order valence-electron chi connectivity index (χ2n) is 3.80. The molecule has 0 amide bonds. The number of thiazole rings is 1. The van der Waals surface area contributed by atoms with Crippen molar-refractivity contribution in [2.24, 2.45) is 0 Å². The number of aliphatic hydroxyl groups excluding tert-OH is 1. The zero-order chi connectivity index (χ0) is 12.3. The maximum absolute atomic E-state index is 8.86. The molecule has 0 spiro atoms. The average molecular weight is 249 g/mol. The molecule has 2 aromatic rings. The SMILES string of the molecule is COc1ccc(-c2nc(CCO)cs2)cc1C. The second kappa shape index (κ2) is 5.29. The fraction of sp³-hybridized carbons (Fsp3) is 0.308. The summed E-state index contributed by atoms with van der Waals surface area (Å²) in [5, 5.41) is 11.8. The summed E-state index contributed by atoms with van der Waals surface area (Å²) < 4.78 is 5.23. The summed E-state index contributed by atoms with van der Waals surface area (Å²) in [6.45, 7) is 2.16. The molecule has 0 bridgehead atoms. The highest BCUT2D eigenvalue weighted by Gasteiger charge is 2.06. The molecule has 1 heterocycles. The largest absolute Gasteiger partial charge is 0.496 e. The summed E-state index contributed by atoms with van der Waals surface area (Å²) in [5.74, 6) is 0.890. The van der Waals surface area contributed by atoms with Gasteiger partial charge in [-0.2, -0.15) is 0 Å². The summed E-state index contributed by atoms with van der Waals surface area (Å²) in [6, 6.07) is 6.03. The molecule has 0 saturated heterocycles. The van der Waals surface area contributed by atoms with Crippen LogP contribution in [0.5, 0.6) is 5.75 Å². The van der Waals surface area contributed by atoms with E-state index in [-0.39, 0.29) is 6.61 Å². The van der Waals surface area contributed by atoms with E-state index in [2.05, 4.69) is 11.1 Å². The van der Waals surface area contributed by atoms with Crippen LogP contribution in [0, 0.1) is 6.92 Å². The van der Waals surface area contributed by atoms with Crippen molar-refractivity contribution in [1.82, 2.24) is 4.98 Å². The molecule has 3 nitrogen and oxygen atoms in total. The Hall–Kier alpha value is -1.39. The van der Waals surface area contributed by atoms with Crippen LogP contribution in [0.4, 0.5) is 0 Å². The van der Waals surface area contributed by atoms with Crippen LogP contribution in [0.3, 0.4) is 0 Å². The van der Waals surface area contributed by atoms with Crippen molar-refractivity contribution in [1.29, 1.82) is 0 Å². The number of nitrogens with zero attached hydrogens (tertiary/aromatic N) is 1. The topological polar surface area (TPSA) is 42.4 Å². The van der Waals surface area contributed by atoms with Gasteiger partial charge in [-0.1, -0.05) is 0 Å². The number of benzene rings is 1. The van der Waals surface area contributed by atoms with Gasteiger partial charge in [-0.3, -0.25) is 0 Å². The van der Waals surface area contributed by atoms with Crippen molar-refractivity contribution in [3.8, 4) is 16.3 Å². The maximum atomic E-state index is 8.86. The van der Waals surface area contributed by atoms with E-state index in [9.17, 15) is 0 Å². The quantitative estimate of drug-likeness (QED) is 0.905. The molecule has 0 aliphatic carbocycles. The Morgan fingerprint density at radius 3 is 2.88 bits per heavy atom. The first-order valence-corrected chi connectivity index (χ1v) is 6.33. The van der Waals surface area contributed by atoms with E-state index in [1.807, 2.05) is 24.4 Å². The molecule has 1 aromatic heterocycles. The lowest BCUT2D eigenvalue weighted by atomic mass is 10.1. The average Bonchev–Trinajstić information content (AvgIpc) is 2.78. The Balaban J connectivity index is 2.29. The van der Waals surface area contributed by atoms with Crippen LogP contribution in [-0.2, 0) is 6.42 Å². The normalized spacial score (nSPS) is 10.5. The Labute approximate surface area is 105 Å². The van der Waals surface area contributed by atoms with Crippen LogP contribution >= 0.6 is 11.3 Å². The van der Waals surface area contributed by atoms with Crippen LogP contribution in [0.1, 0.15) is 11.3 Å². The Morgan fingerprint density at radius 2 is 2.24 bits per heavy atom. The van der Waals surface area contributed by atoms with Crippen molar-refractivity contribution in [3.05, 3.63) is 34.8 Å². The number of methoxy groups -OCH3 is 1. The molecule has 0 aliphatic rings. The third kappa shape index (κ3) is 2.65. The second-order valence-corrected chi connectivity index (χ2v) is 4.66. The van der Waals surface area contributed by atoms with Crippen molar-refractivity contribution < 1.29 is 9.84 Å². The first kappa shape index (κ1) is 12.1. The highest BCUT2D eigenvalue weighted by molar-refractivity contribution is 7.13. The van der Waals surface area contributed by atoms with Crippen LogP contribution in [0.25, 0.3) is 10.6 Å². The lowest BCUT2D eigenvalue weighted by Gasteiger charge is -2.05. The molecular formula is C13H15NO2S. The van der Waals surface area contributed by atoms with E-state index in [1.165, 1.54) is 0 Å². The smallest absolute Gasteiger partial charge is 0.123 e. The van der Waals surface area contributed by atoms with Gasteiger partial charge < -0.3 is 9.84 Å². The number of hydrogen-bond donors (Lipinski definition) is 1. The third-order valence-corrected chi connectivity index (χ3v) is 3.50. The fourth-order valence-electron chi connectivity index (χ4n) is 1.68. The number of aliphatic hydroxyl groups is 1. The number of aromatic nitrogens is 1. The van der Waals surface area contributed by atoms with Gasteiger partial charge >= 0.3 is 0 Å². The minimum absolute atomic E-state index is 0.144. The highest BCUT2D eigenvalue weighted by Crippen LogP contribution is 2.28. The minimum Gasteiger partial charge on any atom is -0.496 e. The van der Waals surface area contributed by atoms with Gasteiger partial charge in [-0.25, -0.2) is 4.98 Å². The molecule has 90 valence electrons. The molecule has 1 N–H and O–H groups in total. The third-order valence-electron chi connectivity index (χ3n) is 2.56. The van der Waals surface area contributed by atoms with Crippen LogP contribution < -0.4 is 4.74 Å². The number of aryl methyl sites for hydroxylation is 1. The summed E-state index contributed by atoms with van der Waals surface area (Å²) in [6.07, 6.45) is 0.617. The zero-order valence-electron chi connectivity index (χ0n) is 9.93. The van der Waals surface area contributed by atoms with Gasteiger partial charge in [0.25, 0.3) is 0 Å². The molecule has 0 aliphatic heterocycles. The molecule has 2 rings (SSSR count). The van der Waals surface area contributed by atoms with Gasteiger partial charge in [-0.15, -0.1) is 11.3 Å². The van der Waals surface area contributed by atoms with E-state index < -0.39 is 0 Å². The molecule has 0 radical (unpaired) electrons. The summed E-state index contributed by atoms with van der Waals surface area (Å²) in [7, 11) is 1.67. The van der Waals surface area contributed by atoms with E-state index in [4.69, 9.17) is 9.84 Å². The zero-order valence-corrected chi connectivity index (χ0v) is 10.8. The fourth-order valence-corrected chi connectivity index (χ4v) is 2.53. The van der Waals surface area contributed by atoms with Gasteiger partial charge in [-0.05, 0) is 30.7 Å². The minimum atomic E-state index is 0.144. The van der Waals surface area contributed by atoms with E-state index >= 15 is 0 Å². The van der Waals surface area contributed by atoms with E-state index in [0.29, 0.717) is 6.42 Å². The Bertz CT molecular complexity index is 508. The first-order valence-electron chi connectivity index (χ1n) is 5.45. The molecule has 0 atom stereocenters. The summed E-state index contributed by atoms with van der Waals surface area (Å²) >= 11 is 1.60. The van der Waals surface area contributed by atoms with Gasteiger partial charge in [0.05, 0.1) is 12.8 Å². The van der Waals surface area contributed by atoms with Gasteiger partial charge in [0.1, 0.15) is 10.8 Å². The monoisotopic (exact) mass is 249 g/mol. The van der Waals surface area contributed by atoms with E-state index in [1.54, 1.807) is 18.4 Å². The van der Waals surface area contributed by atoms with Crippen molar-refractivity contribution in [2.45, 2.75) is 13.3 Å².